The molecule has 1 N–H and O–H groups in total. The number of methoxy groups -OCH3 is 1. The highest BCUT2D eigenvalue weighted by Crippen LogP contribution is 2.24. The number of nitrogens with zero attached hydrogens (tertiary/aromatic N) is 1. The van der Waals surface area contributed by atoms with E-state index in [0.717, 1.165) is 0 Å². The quantitative estimate of drug-likeness (QED) is 0.802. The summed E-state index contributed by atoms with van der Waals surface area (Å²) in [6, 6.07) is 4.51. The third kappa shape index (κ3) is 2.91. The zero-order chi connectivity index (χ0) is 12.8. The van der Waals surface area contributed by atoms with Crippen LogP contribution in [0.1, 0.15) is 17.3 Å². The maximum Gasteiger partial charge on any atom is 0.258 e. The second kappa shape index (κ2) is 5.80. The smallest absolute Gasteiger partial charge is 0.258 e. The van der Waals surface area contributed by atoms with Gasteiger partial charge >= 0.3 is 0 Å². The normalized spacial score (nSPS) is 9.47. The number of carbonyl (C=O) groups excluding carboxylic acids is 1. The number of amides is 1. The molecule has 0 bridgehead atoms. The molecule has 0 aromatic heterocycles. The minimum Gasteiger partial charge on any atom is -0.507 e. The van der Waals surface area contributed by atoms with Crippen molar-refractivity contribution >= 4 is 5.91 Å². The largest absolute Gasteiger partial charge is 0.507 e. The SMILES string of the molecule is C#CCN(CC)C(=O)c1cc(OC)ccc1O. The molecule has 0 radical (unpaired) electrons. The van der Waals surface area contributed by atoms with E-state index < -0.39 is 0 Å². The molecule has 0 aliphatic rings. The summed E-state index contributed by atoms with van der Waals surface area (Å²) in [6.45, 7) is 2.53. The van der Waals surface area contributed by atoms with E-state index in [2.05, 4.69) is 5.92 Å². The number of ether oxygens (including phenoxy) is 1. The summed E-state index contributed by atoms with van der Waals surface area (Å²) in [6.07, 6.45) is 5.18. The molecule has 17 heavy (non-hydrogen) atoms. The van der Waals surface area contributed by atoms with Crippen LogP contribution in [0.2, 0.25) is 0 Å². The Bertz CT molecular complexity index is 448. The number of hydrogen-bond donors (Lipinski definition) is 1. The van der Waals surface area contributed by atoms with Crippen molar-refractivity contribution in [3.05, 3.63) is 23.8 Å². The molecule has 0 atom stereocenters. The molecule has 0 saturated carbocycles. The van der Waals surface area contributed by atoms with Crippen LogP contribution in [0.15, 0.2) is 18.2 Å². The summed E-state index contributed by atoms with van der Waals surface area (Å²) in [5.74, 6) is 2.54. The van der Waals surface area contributed by atoms with Gasteiger partial charge in [0.1, 0.15) is 11.5 Å². The first-order chi connectivity index (χ1) is 8.13. The van der Waals surface area contributed by atoms with Crippen molar-refractivity contribution in [3.63, 3.8) is 0 Å². The topological polar surface area (TPSA) is 49.8 Å². The van der Waals surface area contributed by atoms with Gasteiger partial charge in [-0.1, -0.05) is 5.92 Å². The molecular weight excluding hydrogens is 218 g/mol. The summed E-state index contributed by atoms with van der Waals surface area (Å²) >= 11 is 0. The lowest BCUT2D eigenvalue weighted by atomic mass is 10.1. The Hall–Kier alpha value is -2.15. The third-order valence-corrected chi connectivity index (χ3v) is 2.39. The molecule has 0 unspecified atom stereocenters. The van der Waals surface area contributed by atoms with E-state index in [1.807, 2.05) is 6.92 Å². The van der Waals surface area contributed by atoms with E-state index in [9.17, 15) is 9.90 Å². The zero-order valence-electron chi connectivity index (χ0n) is 9.93. The second-order valence-electron chi connectivity index (χ2n) is 3.41. The highest BCUT2D eigenvalue weighted by molar-refractivity contribution is 5.97. The Labute approximate surface area is 101 Å². The highest BCUT2D eigenvalue weighted by atomic mass is 16.5. The molecule has 4 heteroatoms. The third-order valence-electron chi connectivity index (χ3n) is 2.39. The molecule has 1 rings (SSSR count). The molecule has 0 aliphatic heterocycles. The fraction of sp³-hybridized carbons (Fsp3) is 0.308. The Balaban J connectivity index is 3.06. The maximum atomic E-state index is 12.1. The van der Waals surface area contributed by atoms with Crippen LogP contribution < -0.4 is 4.74 Å². The van der Waals surface area contributed by atoms with E-state index in [0.29, 0.717) is 12.3 Å². The lowest BCUT2D eigenvalue weighted by Crippen LogP contribution is -2.31. The van der Waals surface area contributed by atoms with Crippen LogP contribution in [0.25, 0.3) is 0 Å². The van der Waals surface area contributed by atoms with Crippen LogP contribution in [-0.2, 0) is 0 Å². The average Bonchev–Trinajstić information content (AvgIpc) is 2.35. The molecular formula is C13H15NO3. The van der Waals surface area contributed by atoms with Crippen LogP contribution >= 0.6 is 0 Å². The first-order valence-electron chi connectivity index (χ1n) is 5.23. The standard InChI is InChI=1S/C13H15NO3/c1-4-8-14(5-2)13(16)11-9-10(17-3)6-7-12(11)15/h1,6-7,9,15H,5,8H2,2-3H3. The summed E-state index contributed by atoms with van der Waals surface area (Å²) in [5, 5.41) is 9.66. The van der Waals surface area contributed by atoms with Crippen LogP contribution in [0, 0.1) is 12.3 Å². The van der Waals surface area contributed by atoms with Crippen LogP contribution in [0.3, 0.4) is 0 Å². The van der Waals surface area contributed by atoms with Crippen molar-refractivity contribution in [3.8, 4) is 23.8 Å². The van der Waals surface area contributed by atoms with Gasteiger partial charge in [0.15, 0.2) is 0 Å². The van der Waals surface area contributed by atoms with Crippen molar-refractivity contribution in [2.45, 2.75) is 6.92 Å². The molecule has 0 spiro atoms. The Morgan fingerprint density at radius 1 is 1.59 bits per heavy atom. The fourth-order valence-electron chi connectivity index (χ4n) is 1.42. The minimum absolute atomic E-state index is 0.0775. The fourth-order valence-corrected chi connectivity index (χ4v) is 1.42. The number of phenolic OH excluding ortho intramolecular Hbond substituents is 1. The molecule has 4 nitrogen and oxygen atoms in total. The van der Waals surface area contributed by atoms with E-state index in [-0.39, 0.29) is 23.8 Å². The van der Waals surface area contributed by atoms with Gasteiger partial charge in [-0.15, -0.1) is 6.42 Å². The number of carbonyl (C=O) groups is 1. The second-order valence-corrected chi connectivity index (χ2v) is 3.41. The highest BCUT2D eigenvalue weighted by Gasteiger charge is 2.17. The molecule has 1 aromatic rings. The van der Waals surface area contributed by atoms with Crippen molar-refractivity contribution < 1.29 is 14.6 Å². The molecule has 0 aliphatic carbocycles. The lowest BCUT2D eigenvalue weighted by Gasteiger charge is -2.18. The van der Waals surface area contributed by atoms with Crippen LogP contribution in [0.5, 0.6) is 11.5 Å². The number of phenols is 1. The van der Waals surface area contributed by atoms with E-state index >= 15 is 0 Å². The summed E-state index contributed by atoms with van der Waals surface area (Å²) in [7, 11) is 1.50. The number of aromatic hydroxyl groups is 1. The average molecular weight is 233 g/mol. The van der Waals surface area contributed by atoms with E-state index in [4.69, 9.17) is 11.2 Å². The van der Waals surface area contributed by atoms with Crippen LogP contribution in [-0.4, -0.2) is 36.1 Å². The predicted molar refractivity (Wildman–Crippen MR) is 65.1 cm³/mol. The first-order valence-corrected chi connectivity index (χ1v) is 5.23. The van der Waals surface area contributed by atoms with E-state index in [1.165, 1.54) is 24.1 Å². The molecule has 0 saturated heterocycles. The maximum absolute atomic E-state index is 12.1. The molecule has 1 amide bonds. The van der Waals surface area contributed by atoms with Gasteiger partial charge in [0.05, 0.1) is 19.2 Å². The Morgan fingerprint density at radius 2 is 2.29 bits per heavy atom. The van der Waals surface area contributed by atoms with Gasteiger partial charge in [-0.2, -0.15) is 0 Å². The summed E-state index contributed by atoms with van der Waals surface area (Å²) in [4.78, 5) is 13.5. The summed E-state index contributed by atoms with van der Waals surface area (Å²) < 4.78 is 5.01. The van der Waals surface area contributed by atoms with Gasteiger partial charge < -0.3 is 14.7 Å². The zero-order valence-corrected chi connectivity index (χ0v) is 9.93. The van der Waals surface area contributed by atoms with Gasteiger partial charge in [-0.3, -0.25) is 4.79 Å². The van der Waals surface area contributed by atoms with Gasteiger partial charge in [0.2, 0.25) is 0 Å². The van der Waals surface area contributed by atoms with Gasteiger partial charge in [-0.05, 0) is 25.1 Å². The monoisotopic (exact) mass is 233 g/mol. The number of rotatable bonds is 4. The van der Waals surface area contributed by atoms with Gasteiger partial charge in [-0.25, -0.2) is 0 Å². The molecule has 90 valence electrons. The Morgan fingerprint density at radius 3 is 2.82 bits per heavy atom. The first kappa shape index (κ1) is 12.9. The van der Waals surface area contributed by atoms with Gasteiger partial charge in [0, 0.05) is 6.54 Å². The number of terminal acetylenes is 1. The summed E-state index contributed by atoms with van der Waals surface area (Å²) in [5.41, 5.74) is 0.196. The molecule has 1 aromatic carbocycles. The van der Waals surface area contributed by atoms with Gasteiger partial charge in [0.25, 0.3) is 5.91 Å². The lowest BCUT2D eigenvalue weighted by molar-refractivity contribution is 0.0781. The minimum atomic E-state index is -0.304. The van der Waals surface area contributed by atoms with Crippen molar-refractivity contribution in [1.29, 1.82) is 0 Å². The number of hydrogen-bond acceptors (Lipinski definition) is 3. The van der Waals surface area contributed by atoms with Crippen LogP contribution in [0.4, 0.5) is 0 Å². The molecule has 0 fully saturated rings. The predicted octanol–water partition coefficient (Wildman–Crippen LogP) is 1.50. The van der Waals surface area contributed by atoms with Crippen molar-refractivity contribution in [2.24, 2.45) is 0 Å². The van der Waals surface area contributed by atoms with Crippen molar-refractivity contribution in [2.75, 3.05) is 20.2 Å². The molecule has 0 heterocycles. The number of benzene rings is 1. The van der Waals surface area contributed by atoms with E-state index in [1.54, 1.807) is 6.07 Å². The Kier molecular flexibility index (Phi) is 4.41. The van der Waals surface area contributed by atoms with Crippen molar-refractivity contribution in [1.82, 2.24) is 4.90 Å².